The van der Waals surface area contributed by atoms with Crippen LogP contribution in [0.1, 0.15) is 28.2 Å². The molecular formula is C19H15F3N6O2. The number of carbonyl (C=O) groups excluding carboxylic acids is 1. The van der Waals surface area contributed by atoms with E-state index in [9.17, 15) is 18.0 Å². The molecule has 3 aromatic heterocycles. The summed E-state index contributed by atoms with van der Waals surface area (Å²) >= 11 is 0. The number of fused-ring (bicyclic) bond motifs is 1. The summed E-state index contributed by atoms with van der Waals surface area (Å²) in [7, 11) is 1.52. The summed E-state index contributed by atoms with van der Waals surface area (Å²) < 4.78 is 46.5. The van der Waals surface area contributed by atoms with Crippen LogP contribution < -0.4 is 10.1 Å². The van der Waals surface area contributed by atoms with Gasteiger partial charge in [0.05, 0.1) is 36.1 Å². The van der Waals surface area contributed by atoms with E-state index < -0.39 is 24.0 Å². The van der Waals surface area contributed by atoms with E-state index in [1.165, 1.54) is 30.0 Å². The maximum Gasteiger partial charge on any atom is 0.297 e. The maximum absolute atomic E-state index is 14.4. The fourth-order valence-electron chi connectivity index (χ4n) is 2.93. The second kappa shape index (κ2) is 7.50. The molecule has 2 N–H and O–H groups in total. The molecule has 0 fully saturated rings. The minimum Gasteiger partial charge on any atom is -0.495 e. The molecule has 0 saturated heterocycles. The van der Waals surface area contributed by atoms with E-state index in [1.54, 1.807) is 25.3 Å². The second-order valence-electron chi connectivity index (χ2n) is 6.42. The summed E-state index contributed by atoms with van der Waals surface area (Å²) in [6, 6.07) is 5.87. The van der Waals surface area contributed by atoms with Crippen molar-refractivity contribution in [1.29, 1.82) is 0 Å². The highest BCUT2D eigenvalue weighted by Gasteiger charge is 2.19. The summed E-state index contributed by atoms with van der Waals surface area (Å²) in [5.41, 5.74) is 1.48. The van der Waals surface area contributed by atoms with Crippen LogP contribution in [0.4, 0.5) is 18.9 Å². The Morgan fingerprint density at radius 2 is 2.07 bits per heavy atom. The zero-order chi connectivity index (χ0) is 21.4. The van der Waals surface area contributed by atoms with Crippen LogP contribution in [-0.4, -0.2) is 37.8 Å². The second-order valence-corrected chi connectivity index (χ2v) is 6.42. The number of aromatic nitrogens is 5. The summed E-state index contributed by atoms with van der Waals surface area (Å²) in [5, 5.41) is 13.7. The SMILES string of the molecule is COc1ccc2c(C(=O)Nc3cc(-c4nnc(C(F)F)[nH]4)c(F)cc3C)cnn2c1. The van der Waals surface area contributed by atoms with Crippen LogP contribution in [0.5, 0.6) is 5.75 Å². The zero-order valence-electron chi connectivity index (χ0n) is 15.8. The number of anilines is 1. The van der Waals surface area contributed by atoms with Crippen LogP contribution in [0, 0.1) is 12.7 Å². The molecule has 4 aromatic rings. The minimum absolute atomic E-state index is 0.0973. The number of nitrogens with zero attached hydrogens (tertiary/aromatic N) is 4. The molecule has 0 radical (unpaired) electrons. The Morgan fingerprint density at radius 3 is 2.77 bits per heavy atom. The Balaban J connectivity index is 1.66. The number of aryl methyl sites for hydroxylation is 1. The van der Waals surface area contributed by atoms with Gasteiger partial charge in [0.1, 0.15) is 11.6 Å². The van der Waals surface area contributed by atoms with Crippen molar-refractivity contribution in [3.05, 3.63) is 59.4 Å². The average Bonchev–Trinajstić information content (AvgIpc) is 3.36. The van der Waals surface area contributed by atoms with Crippen molar-refractivity contribution in [2.24, 2.45) is 0 Å². The number of methoxy groups -OCH3 is 1. The zero-order valence-corrected chi connectivity index (χ0v) is 15.8. The Bertz CT molecular complexity index is 1250. The van der Waals surface area contributed by atoms with E-state index in [4.69, 9.17) is 4.74 Å². The van der Waals surface area contributed by atoms with Gasteiger partial charge in [-0.05, 0) is 36.8 Å². The van der Waals surface area contributed by atoms with E-state index in [2.05, 4.69) is 25.6 Å². The highest BCUT2D eigenvalue weighted by molar-refractivity contribution is 6.09. The van der Waals surface area contributed by atoms with Gasteiger partial charge >= 0.3 is 0 Å². The highest BCUT2D eigenvalue weighted by Crippen LogP contribution is 2.28. The van der Waals surface area contributed by atoms with E-state index in [0.29, 0.717) is 28.1 Å². The van der Waals surface area contributed by atoms with Crippen LogP contribution in [0.2, 0.25) is 0 Å². The van der Waals surface area contributed by atoms with Crippen molar-refractivity contribution in [2.75, 3.05) is 12.4 Å². The summed E-state index contributed by atoms with van der Waals surface area (Å²) in [5.74, 6) is -1.42. The molecule has 0 aliphatic carbocycles. The van der Waals surface area contributed by atoms with Gasteiger partial charge in [0, 0.05) is 5.69 Å². The molecule has 8 nitrogen and oxygen atoms in total. The molecule has 0 atom stereocenters. The predicted octanol–water partition coefficient (Wildman–Crippen LogP) is 3.77. The average molecular weight is 416 g/mol. The first-order valence-electron chi connectivity index (χ1n) is 8.71. The number of H-pyrrole nitrogens is 1. The Hall–Kier alpha value is -3.89. The lowest BCUT2D eigenvalue weighted by molar-refractivity contribution is 0.102. The molecule has 11 heteroatoms. The lowest BCUT2D eigenvalue weighted by Crippen LogP contribution is -2.13. The van der Waals surface area contributed by atoms with Gasteiger partial charge in [-0.15, -0.1) is 10.2 Å². The van der Waals surface area contributed by atoms with Gasteiger partial charge in [0.2, 0.25) is 0 Å². The highest BCUT2D eigenvalue weighted by atomic mass is 19.3. The van der Waals surface area contributed by atoms with Crippen molar-refractivity contribution >= 4 is 17.1 Å². The van der Waals surface area contributed by atoms with Crippen molar-refractivity contribution in [3.8, 4) is 17.1 Å². The molecule has 0 aliphatic rings. The quantitative estimate of drug-likeness (QED) is 0.516. The summed E-state index contributed by atoms with van der Waals surface area (Å²) in [4.78, 5) is 15.1. The fourth-order valence-corrected chi connectivity index (χ4v) is 2.93. The third-order valence-corrected chi connectivity index (χ3v) is 4.50. The van der Waals surface area contributed by atoms with Gasteiger partial charge in [0.15, 0.2) is 11.6 Å². The lowest BCUT2D eigenvalue weighted by Gasteiger charge is -2.10. The first-order chi connectivity index (χ1) is 14.4. The molecule has 0 spiro atoms. The third-order valence-electron chi connectivity index (χ3n) is 4.50. The number of hydrogen-bond donors (Lipinski definition) is 2. The maximum atomic E-state index is 14.4. The van der Waals surface area contributed by atoms with E-state index in [1.807, 2.05) is 0 Å². The number of hydrogen-bond acceptors (Lipinski definition) is 5. The molecule has 0 bridgehead atoms. The largest absolute Gasteiger partial charge is 0.495 e. The molecule has 0 saturated carbocycles. The Morgan fingerprint density at radius 1 is 1.27 bits per heavy atom. The first kappa shape index (κ1) is 19.4. The predicted molar refractivity (Wildman–Crippen MR) is 101 cm³/mol. The lowest BCUT2D eigenvalue weighted by atomic mass is 10.1. The van der Waals surface area contributed by atoms with Crippen LogP contribution in [0.15, 0.2) is 36.7 Å². The number of benzene rings is 1. The fraction of sp³-hybridized carbons (Fsp3) is 0.158. The topological polar surface area (TPSA) is 97.2 Å². The molecule has 0 aliphatic heterocycles. The number of nitrogens with one attached hydrogen (secondary N) is 2. The van der Waals surface area contributed by atoms with E-state index >= 15 is 0 Å². The molecule has 1 aromatic carbocycles. The molecule has 3 heterocycles. The first-order valence-corrected chi connectivity index (χ1v) is 8.71. The number of ether oxygens (including phenoxy) is 1. The number of carbonyl (C=O) groups is 1. The van der Waals surface area contributed by atoms with Crippen molar-refractivity contribution in [1.82, 2.24) is 24.8 Å². The summed E-state index contributed by atoms with van der Waals surface area (Å²) in [6.07, 6.45) is 0.154. The molecule has 1 amide bonds. The Kier molecular flexibility index (Phi) is 4.86. The molecule has 30 heavy (non-hydrogen) atoms. The standard InChI is InChI=1S/C19H15F3N6O2/c1-9-5-13(20)11(17-25-18(16(21)22)27-26-17)6-14(9)24-19(29)12-7-23-28-8-10(30-2)3-4-15(12)28/h3-8,16H,1-2H3,(H,24,29)(H,25,26,27). The molecule has 154 valence electrons. The number of amides is 1. The third kappa shape index (κ3) is 3.45. The van der Waals surface area contributed by atoms with Crippen LogP contribution in [-0.2, 0) is 0 Å². The van der Waals surface area contributed by atoms with Crippen LogP contribution in [0.3, 0.4) is 0 Å². The van der Waals surface area contributed by atoms with Crippen molar-refractivity contribution in [3.63, 3.8) is 0 Å². The van der Waals surface area contributed by atoms with Gasteiger partial charge < -0.3 is 15.0 Å². The number of alkyl halides is 2. The van der Waals surface area contributed by atoms with Gasteiger partial charge in [-0.3, -0.25) is 4.79 Å². The van der Waals surface area contributed by atoms with Gasteiger partial charge in [-0.1, -0.05) is 0 Å². The van der Waals surface area contributed by atoms with Gasteiger partial charge in [-0.2, -0.15) is 5.10 Å². The molecular weight excluding hydrogens is 401 g/mol. The number of halogens is 3. The number of pyridine rings is 1. The number of rotatable bonds is 5. The molecule has 0 unspecified atom stereocenters. The Labute approximate surface area is 167 Å². The van der Waals surface area contributed by atoms with Gasteiger partial charge in [0.25, 0.3) is 12.3 Å². The number of aromatic amines is 1. The normalized spacial score (nSPS) is 11.3. The van der Waals surface area contributed by atoms with Crippen molar-refractivity contribution in [2.45, 2.75) is 13.3 Å². The monoisotopic (exact) mass is 416 g/mol. The smallest absolute Gasteiger partial charge is 0.297 e. The molecule has 4 rings (SSSR count). The van der Waals surface area contributed by atoms with Crippen LogP contribution >= 0.6 is 0 Å². The van der Waals surface area contributed by atoms with Crippen molar-refractivity contribution < 1.29 is 22.7 Å². The summed E-state index contributed by atoms with van der Waals surface area (Å²) in [6.45, 7) is 1.61. The minimum atomic E-state index is -2.87. The van der Waals surface area contributed by atoms with E-state index in [-0.39, 0.29) is 11.4 Å². The van der Waals surface area contributed by atoms with Crippen LogP contribution in [0.25, 0.3) is 16.9 Å². The van der Waals surface area contributed by atoms with E-state index in [0.717, 1.165) is 0 Å². The van der Waals surface area contributed by atoms with Gasteiger partial charge in [-0.25, -0.2) is 17.7 Å².